The van der Waals surface area contributed by atoms with Gasteiger partial charge in [-0.15, -0.1) is 0 Å². The van der Waals surface area contributed by atoms with Gasteiger partial charge in [-0.05, 0) is 45.4 Å². The Kier molecular flexibility index (Phi) is 6.49. The number of rotatable bonds is 6. The predicted octanol–water partition coefficient (Wildman–Crippen LogP) is 3.35. The lowest BCUT2D eigenvalue weighted by atomic mass is 10.1. The molecule has 1 unspecified atom stereocenters. The molecule has 4 nitrogen and oxygen atoms in total. The van der Waals surface area contributed by atoms with Gasteiger partial charge < -0.3 is 14.8 Å². The highest BCUT2D eigenvalue weighted by molar-refractivity contribution is 6.32. The van der Waals surface area contributed by atoms with Gasteiger partial charge in [0.25, 0.3) is 0 Å². The van der Waals surface area contributed by atoms with Gasteiger partial charge in [0.1, 0.15) is 18.5 Å². The van der Waals surface area contributed by atoms with Gasteiger partial charge in [-0.2, -0.15) is 0 Å². The van der Waals surface area contributed by atoms with E-state index in [0.29, 0.717) is 17.3 Å². The number of hydrogen-bond acceptors (Lipinski definition) is 4. The predicted molar refractivity (Wildman–Crippen MR) is 85.0 cm³/mol. The highest BCUT2D eigenvalue weighted by Gasteiger charge is 2.18. The standard InChI is InChI=1S/C16H24ClNO3/c1-11-6-7-14(17)15(8-11)20-10-13(21-12(2)19)9-18-16(3,4)5/h6-8,13,18H,9-10H2,1-5H3. The van der Waals surface area contributed by atoms with E-state index in [1.165, 1.54) is 6.92 Å². The second kappa shape index (κ2) is 7.66. The van der Waals surface area contributed by atoms with Crippen LogP contribution in [0, 0.1) is 6.92 Å². The van der Waals surface area contributed by atoms with E-state index in [-0.39, 0.29) is 24.2 Å². The lowest BCUT2D eigenvalue weighted by Gasteiger charge is -2.25. The first-order chi connectivity index (χ1) is 9.67. The second-order valence-corrected chi connectivity index (χ2v) is 6.51. The molecule has 0 spiro atoms. The Morgan fingerprint density at radius 2 is 2.05 bits per heavy atom. The molecule has 0 aliphatic rings. The summed E-state index contributed by atoms with van der Waals surface area (Å²) < 4.78 is 11.0. The number of nitrogens with one attached hydrogen (secondary N) is 1. The fourth-order valence-electron chi connectivity index (χ4n) is 1.69. The molecule has 118 valence electrons. The normalized spacial score (nSPS) is 12.9. The molecule has 0 aliphatic heterocycles. The SMILES string of the molecule is CC(=O)OC(CNC(C)(C)C)COc1cc(C)ccc1Cl. The zero-order valence-electron chi connectivity index (χ0n) is 13.3. The Hall–Kier alpha value is -1.26. The molecule has 1 aromatic rings. The van der Waals surface area contributed by atoms with Crippen molar-refractivity contribution in [2.24, 2.45) is 0 Å². The van der Waals surface area contributed by atoms with Crippen molar-refractivity contribution in [3.63, 3.8) is 0 Å². The van der Waals surface area contributed by atoms with E-state index < -0.39 is 0 Å². The largest absolute Gasteiger partial charge is 0.488 e. The van der Waals surface area contributed by atoms with Crippen molar-refractivity contribution < 1.29 is 14.3 Å². The van der Waals surface area contributed by atoms with E-state index in [4.69, 9.17) is 21.1 Å². The van der Waals surface area contributed by atoms with E-state index in [0.717, 1.165) is 5.56 Å². The number of hydrogen-bond donors (Lipinski definition) is 1. The summed E-state index contributed by atoms with van der Waals surface area (Å²) in [4.78, 5) is 11.2. The number of ether oxygens (including phenoxy) is 2. The summed E-state index contributed by atoms with van der Waals surface area (Å²) in [5.74, 6) is 0.277. The average molecular weight is 314 g/mol. The number of esters is 1. The molecule has 0 saturated heterocycles. The van der Waals surface area contributed by atoms with Crippen LogP contribution in [0.25, 0.3) is 0 Å². The monoisotopic (exact) mass is 313 g/mol. The van der Waals surface area contributed by atoms with Gasteiger partial charge in [0.15, 0.2) is 0 Å². The summed E-state index contributed by atoms with van der Waals surface area (Å²) in [7, 11) is 0. The third-order valence-corrected chi connectivity index (χ3v) is 3.02. The molecule has 5 heteroatoms. The molecule has 1 aromatic carbocycles. The molecule has 0 heterocycles. The number of benzene rings is 1. The minimum atomic E-state index is -0.363. The van der Waals surface area contributed by atoms with Gasteiger partial charge >= 0.3 is 5.97 Å². The van der Waals surface area contributed by atoms with Crippen LogP contribution in [0.1, 0.15) is 33.3 Å². The maximum absolute atomic E-state index is 11.2. The molecule has 1 rings (SSSR count). The molecule has 0 saturated carbocycles. The zero-order valence-corrected chi connectivity index (χ0v) is 14.1. The van der Waals surface area contributed by atoms with Gasteiger partial charge in [0.2, 0.25) is 0 Å². The molecular formula is C16H24ClNO3. The van der Waals surface area contributed by atoms with Crippen LogP contribution < -0.4 is 10.1 Å². The van der Waals surface area contributed by atoms with E-state index >= 15 is 0 Å². The van der Waals surface area contributed by atoms with Gasteiger partial charge in [-0.1, -0.05) is 17.7 Å². The lowest BCUT2D eigenvalue weighted by molar-refractivity contribution is -0.147. The molecular weight excluding hydrogens is 290 g/mol. The van der Waals surface area contributed by atoms with Gasteiger partial charge in [0.05, 0.1) is 5.02 Å². The number of aryl methyl sites for hydroxylation is 1. The minimum Gasteiger partial charge on any atom is -0.488 e. The second-order valence-electron chi connectivity index (χ2n) is 6.11. The molecule has 0 aromatic heterocycles. The van der Waals surface area contributed by atoms with Gasteiger partial charge in [0, 0.05) is 19.0 Å². The van der Waals surface area contributed by atoms with Gasteiger partial charge in [-0.25, -0.2) is 0 Å². The third-order valence-electron chi connectivity index (χ3n) is 2.70. The lowest BCUT2D eigenvalue weighted by Crippen LogP contribution is -2.44. The maximum atomic E-state index is 11.2. The first-order valence-electron chi connectivity index (χ1n) is 6.98. The number of carbonyl (C=O) groups excluding carboxylic acids is 1. The first-order valence-corrected chi connectivity index (χ1v) is 7.36. The number of carbonyl (C=O) groups is 1. The maximum Gasteiger partial charge on any atom is 0.303 e. The van der Waals surface area contributed by atoms with Gasteiger partial charge in [-0.3, -0.25) is 4.79 Å². The molecule has 1 N–H and O–H groups in total. The smallest absolute Gasteiger partial charge is 0.303 e. The van der Waals surface area contributed by atoms with Crippen LogP contribution >= 0.6 is 11.6 Å². The highest BCUT2D eigenvalue weighted by Crippen LogP contribution is 2.25. The van der Waals surface area contributed by atoms with Crippen LogP contribution in [0.4, 0.5) is 0 Å². The van der Waals surface area contributed by atoms with Crippen LogP contribution in [-0.4, -0.2) is 30.8 Å². The minimum absolute atomic E-state index is 0.0562. The average Bonchev–Trinajstić information content (AvgIpc) is 2.35. The Morgan fingerprint density at radius 1 is 1.38 bits per heavy atom. The number of halogens is 1. The van der Waals surface area contributed by atoms with Crippen molar-refractivity contribution in [3.8, 4) is 5.75 Å². The zero-order chi connectivity index (χ0) is 16.0. The van der Waals surface area contributed by atoms with Crippen molar-refractivity contribution in [1.29, 1.82) is 0 Å². The summed E-state index contributed by atoms with van der Waals surface area (Å²) in [6.45, 7) is 10.3. The van der Waals surface area contributed by atoms with Crippen LogP contribution in [0.15, 0.2) is 18.2 Å². The quantitative estimate of drug-likeness (QED) is 0.818. The summed E-state index contributed by atoms with van der Waals surface area (Å²) >= 11 is 6.09. The Balaban J connectivity index is 2.63. The van der Waals surface area contributed by atoms with E-state index in [1.807, 2.05) is 19.1 Å². The van der Waals surface area contributed by atoms with E-state index in [9.17, 15) is 4.79 Å². The fraction of sp³-hybridized carbons (Fsp3) is 0.562. The molecule has 0 bridgehead atoms. The molecule has 0 aliphatic carbocycles. The third kappa shape index (κ3) is 7.34. The summed E-state index contributed by atoms with van der Waals surface area (Å²) in [5.41, 5.74) is 1.01. The van der Waals surface area contributed by atoms with Crippen LogP contribution in [-0.2, 0) is 9.53 Å². The first kappa shape index (κ1) is 17.8. The molecule has 0 amide bonds. The Morgan fingerprint density at radius 3 is 2.62 bits per heavy atom. The summed E-state index contributed by atoms with van der Waals surface area (Å²) in [6.07, 6.45) is -0.363. The van der Waals surface area contributed by atoms with Crippen molar-refractivity contribution in [2.75, 3.05) is 13.2 Å². The molecule has 0 fully saturated rings. The Bertz CT molecular complexity index is 483. The van der Waals surface area contributed by atoms with E-state index in [2.05, 4.69) is 26.1 Å². The van der Waals surface area contributed by atoms with Crippen molar-refractivity contribution in [2.45, 2.75) is 46.3 Å². The molecule has 1 atom stereocenters. The molecule has 21 heavy (non-hydrogen) atoms. The Labute approximate surface area is 131 Å². The highest BCUT2D eigenvalue weighted by atomic mass is 35.5. The summed E-state index contributed by atoms with van der Waals surface area (Å²) in [5, 5.41) is 3.85. The summed E-state index contributed by atoms with van der Waals surface area (Å²) in [6, 6.07) is 5.57. The van der Waals surface area contributed by atoms with Crippen LogP contribution in [0.3, 0.4) is 0 Å². The van der Waals surface area contributed by atoms with Crippen molar-refractivity contribution in [1.82, 2.24) is 5.32 Å². The topological polar surface area (TPSA) is 47.6 Å². The fourth-order valence-corrected chi connectivity index (χ4v) is 1.87. The van der Waals surface area contributed by atoms with E-state index in [1.54, 1.807) is 6.07 Å². The van der Waals surface area contributed by atoms with Crippen molar-refractivity contribution >= 4 is 17.6 Å². The van der Waals surface area contributed by atoms with Crippen LogP contribution in [0.2, 0.25) is 5.02 Å². The van der Waals surface area contributed by atoms with Crippen molar-refractivity contribution in [3.05, 3.63) is 28.8 Å². The molecule has 0 radical (unpaired) electrons. The van der Waals surface area contributed by atoms with Crippen LogP contribution in [0.5, 0.6) is 5.75 Å².